The van der Waals surface area contributed by atoms with Crippen molar-refractivity contribution in [2.45, 2.75) is 24.9 Å². The van der Waals surface area contributed by atoms with Crippen LogP contribution in [0.4, 0.5) is 18.9 Å². The van der Waals surface area contributed by atoms with E-state index in [-0.39, 0.29) is 17.3 Å². The van der Waals surface area contributed by atoms with Gasteiger partial charge in [-0.1, -0.05) is 0 Å². The number of amides is 1. The lowest BCUT2D eigenvalue weighted by atomic mass is 10.2. The van der Waals surface area contributed by atoms with E-state index in [1.165, 1.54) is 0 Å². The van der Waals surface area contributed by atoms with Gasteiger partial charge < -0.3 is 10.6 Å². The minimum Gasteiger partial charge on any atom is -0.395 e. The maximum absolute atomic E-state index is 12.2. The van der Waals surface area contributed by atoms with E-state index in [9.17, 15) is 18.0 Å². The van der Waals surface area contributed by atoms with E-state index in [0.29, 0.717) is 10.6 Å². The lowest BCUT2D eigenvalue weighted by Crippen LogP contribution is -2.36. The molecule has 18 heavy (non-hydrogen) atoms. The summed E-state index contributed by atoms with van der Waals surface area (Å²) in [7, 11) is 1.07. The number of hydrogen-bond donors (Lipinski definition) is 2. The fourth-order valence-corrected chi connectivity index (χ4v) is 1.73. The Hall–Kier alpha value is -1.73. The number of nitrogens with zero attached hydrogens (tertiary/aromatic N) is 2. The number of H-pyrrole nitrogens is 1. The molecule has 0 aliphatic heterocycles. The van der Waals surface area contributed by atoms with Gasteiger partial charge in [-0.25, -0.2) is 0 Å². The normalized spacial score (nSPS) is 15.8. The molecule has 0 atom stereocenters. The largest absolute Gasteiger partial charge is 0.406 e. The number of aromatic nitrogens is 2. The third kappa shape index (κ3) is 2.57. The monoisotopic (exact) mass is 262 g/mol. The maximum Gasteiger partial charge on any atom is 0.406 e. The molecule has 1 saturated carbocycles. The number of hydrogen-bond acceptors (Lipinski definition) is 3. The van der Waals surface area contributed by atoms with Gasteiger partial charge in [0.15, 0.2) is 5.69 Å². The van der Waals surface area contributed by atoms with Crippen LogP contribution in [0.2, 0.25) is 0 Å². The zero-order valence-corrected chi connectivity index (χ0v) is 9.71. The summed E-state index contributed by atoms with van der Waals surface area (Å²) < 4.78 is 36.5. The minimum absolute atomic E-state index is 0.136. The molecule has 1 heterocycles. The molecule has 1 aliphatic rings. The highest BCUT2D eigenvalue weighted by Gasteiger charge is 2.34. The van der Waals surface area contributed by atoms with Gasteiger partial charge >= 0.3 is 6.18 Å². The number of nitrogens with two attached hydrogens (primary N) is 1. The number of nitrogen functional groups attached to an aromatic ring is 1. The van der Waals surface area contributed by atoms with Gasteiger partial charge in [0.1, 0.15) is 6.54 Å². The number of alkyl halides is 3. The van der Waals surface area contributed by atoms with Gasteiger partial charge in [-0.2, -0.15) is 18.3 Å². The topological polar surface area (TPSA) is 75.0 Å². The molecule has 0 unspecified atom stereocenters. The van der Waals surface area contributed by atoms with Crippen LogP contribution in [-0.4, -0.2) is 40.8 Å². The predicted molar refractivity (Wildman–Crippen MR) is 58.0 cm³/mol. The third-order valence-corrected chi connectivity index (χ3v) is 2.78. The second kappa shape index (κ2) is 4.18. The molecular weight excluding hydrogens is 249 g/mol. The van der Waals surface area contributed by atoms with Crippen LogP contribution < -0.4 is 5.73 Å². The predicted octanol–water partition coefficient (Wildman–Crippen LogP) is 1.50. The lowest BCUT2D eigenvalue weighted by Gasteiger charge is -2.17. The fourth-order valence-electron chi connectivity index (χ4n) is 1.73. The van der Waals surface area contributed by atoms with Crippen LogP contribution in [0.25, 0.3) is 0 Å². The Morgan fingerprint density at radius 3 is 2.67 bits per heavy atom. The van der Waals surface area contributed by atoms with Crippen LogP contribution in [0.15, 0.2) is 0 Å². The Morgan fingerprint density at radius 1 is 1.56 bits per heavy atom. The van der Waals surface area contributed by atoms with Gasteiger partial charge in [0.25, 0.3) is 5.91 Å². The molecule has 1 aliphatic carbocycles. The van der Waals surface area contributed by atoms with Gasteiger partial charge in [-0.05, 0) is 12.8 Å². The van der Waals surface area contributed by atoms with E-state index in [2.05, 4.69) is 10.2 Å². The Balaban J connectivity index is 2.13. The van der Waals surface area contributed by atoms with E-state index in [0.717, 1.165) is 19.9 Å². The van der Waals surface area contributed by atoms with E-state index in [1.54, 1.807) is 0 Å². The smallest absolute Gasteiger partial charge is 0.395 e. The molecule has 1 fully saturated rings. The van der Waals surface area contributed by atoms with Crippen molar-refractivity contribution in [2.75, 3.05) is 19.3 Å². The molecule has 100 valence electrons. The summed E-state index contributed by atoms with van der Waals surface area (Å²) in [6, 6.07) is 0. The van der Waals surface area contributed by atoms with E-state index < -0.39 is 18.6 Å². The third-order valence-electron chi connectivity index (χ3n) is 2.78. The van der Waals surface area contributed by atoms with Gasteiger partial charge in [-0.15, -0.1) is 0 Å². The summed E-state index contributed by atoms with van der Waals surface area (Å²) in [4.78, 5) is 12.3. The standard InChI is InChI=1S/C10H13F3N4O/c1-17(4-10(11,12)13)9(18)8-6(14)7(15-16-8)5-2-3-5/h5H,2-4,14H2,1H3,(H,15,16). The highest BCUT2D eigenvalue weighted by atomic mass is 19.4. The van der Waals surface area contributed by atoms with Crippen molar-refractivity contribution in [3.63, 3.8) is 0 Å². The summed E-state index contributed by atoms with van der Waals surface area (Å²) in [5, 5.41) is 6.35. The van der Waals surface area contributed by atoms with Gasteiger partial charge in [0.05, 0.1) is 11.4 Å². The highest BCUT2D eigenvalue weighted by Crippen LogP contribution is 2.42. The Bertz CT molecular complexity index is 464. The van der Waals surface area contributed by atoms with Crippen molar-refractivity contribution >= 4 is 11.6 Å². The summed E-state index contributed by atoms with van der Waals surface area (Å²) in [6.45, 7) is -1.32. The summed E-state index contributed by atoms with van der Waals surface area (Å²) in [5.74, 6) is -0.569. The van der Waals surface area contributed by atoms with Gasteiger partial charge in [0.2, 0.25) is 0 Å². The van der Waals surface area contributed by atoms with Gasteiger partial charge in [0, 0.05) is 13.0 Å². The van der Waals surface area contributed by atoms with Crippen LogP contribution in [-0.2, 0) is 0 Å². The fraction of sp³-hybridized carbons (Fsp3) is 0.600. The van der Waals surface area contributed by atoms with Crippen molar-refractivity contribution in [2.24, 2.45) is 0 Å². The molecular formula is C10H13F3N4O. The van der Waals surface area contributed by atoms with E-state index >= 15 is 0 Å². The van der Waals surface area contributed by atoms with Crippen molar-refractivity contribution in [3.8, 4) is 0 Å². The molecule has 0 spiro atoms. The van der Waals surface area contributed by atoms with E-state index in [1.807, 2.05) is 0 Å². The van der Waals surface area contributed by atoms with Crippen LogP contribution in [0.3, 0.4) is 0 Å². The first-order chi connectivity index (χ1) is 8.29. The molecule has 0 bridgehead atoms. The average Bonchev–Trinajstić information content (AvgIpc) is 2.99. The second-order valence-corrected chi connectivity index (χ2v) is 4.45. The molecule has 8 heteroatoms. The summed E-state index contributed by atoms with van der Waals surface area (Å²) in [6.07, 6.45) is -2.52. The number of halogens is 3. The second-order valence-electron chi connectivity index (χ2n) is 4.45. The molecule has 0 radical (unpaired) electrons. The molecule has 2 rings (SSSR count). The van der Waals surface area contributed by atoms with Crippen LogP contribution in [0, 0.1) is 0 Å². The molecule has 3 N–H and O–H groups in total. The Morgan fingerprint density at radius 2 is 2.17 bits per heavy atom. The summed E-state index contributed by atoms with van der Waals surface area (Å²) >= 11 is 0. The van der Waals surface area contributed by atoms with Crippen molar-refractivity contribution < 1.29 is 18.0 Å². The van der Waals surface area contributed by atoms with E-state index in [4.69, 9.17) is 5.73 Å². The molecule has 1 amide bonds. The Labute approximate surface area is 101 Å². The zero-order chi connectivity index (χ0) is 13.5. The molecule has 5 nitrogen and oxygen atoms in total. The number of carbonyl (C=O) groups excluding carboxylic acids is 1. The molecule has 1 aromatic rings. The van der Waals surface area contributed by atoms with Gasteiger partial charge in [-0.3, -0.25) is 9.89 Å². The zero-order valence-electron chi connectivity index (χ0n) is 9.71. The van der Waals surface area contributed by atoms with Crippen LogP contribution >= 0.6 is 0 Å². The molecule has 1 aromatic heterocycles. The number of aromatic amines is 1. The minimum atomic E-state index is -4.44. The van der Waals surface area contributed by atoms with Crippen molar-refractivity contribution in [3.05, 3.63) is 11.4 Å². The van der Waals surface area contributed by atoms with Crippen LogP contribution in [0.1, 0.15) is 34.9 Å². The SMILES string of the molecule is CN(CC(F)(F)F)C(=O)c1n[nH]c(C2CC2)c1N. The first-order valence-corrected chi connectivity index (χ1v) is 5.45. The molecule has 0 saturated heterocycles. The van der Waals surface area contributed by atoms with Crippen LogP contribution in [0.5, 0.6) is 0 Å². The van der Waals surface area contributed by atoms with Crippen molar-refractivity contribution in [1.82, 2.24) is 15.1 Å². The quantitative estimate of drug-likeness (QED) is 0.866. The number of anilines is 1. The highest BCUT2D eigenvalue weighted by molar-refractivity contribution is 5.97. The first kappa shape index (κ1) is 12.7. The van der Waals surface area contributed by atoms with Crippen molar-refractivity contribution in [1.29, 1.82) is 0 Å². The number of rotatable bonds is 3. The number of nitrogens with one attached hydrogen (secondary N) is 1. The summed E-state index contributed by atoms with van der Waals surface area (Å²) in [5.41, 5.74) is 6.40. The lowest BCUT2D eigenvalue weighted by molar-refractivity contribution is -0.138. The maximum atomic E-state index is 12.2. The molecule has 0 aromatic carbocycles. The number of carbonyl (C=O) groups is 1. The average molecular weight is 262 g/mol. The first-order valence-electron chi connectivity index (χ1n) is 5.45. The Kier molecular flexibility index (Phi) is 2.95.